The van der Waals surface area contributed by atoms with Gasteiger partial charge in [0.25, 0.3) is 11.1 Å². The van der Waals surface area contributed by atoms with E-state index in [9.17, 15) is 19.6 Å². The van der Waals surface area contributed by atoms with Crippen molar-refractivity contribution in [2.75, 3.05) is 39.5 Å². The van der Waals surface area contributed by atoms with Crippen molar-refractivity contribution in [3.8, 4) is 17.6 Å². The lowest BCUT2D eigenvalue weighted by Crippen LogP contribution is -2.46. The van der Waals surface area contributed by atoms with Crippen LogP contribution in [0.1, 0.15) is 23.6 Å². The second-order valence-corrected chi connectivity index (χ2v) is 8.95. The quantitative estimate of drug-likeness (QED) is 0.500. The number of morpholine rings is 1. The fourth-order valence-electron chi connectivity index (χ4n) is 3.75. The van der Waals surface area contributed by atoms with Gasteiger partial charge in [-0.15, -0.1) is 0 Å². The highest BCUT2D eigenvalue weighted by Crippen LogP contribution is 2.35. The van der Waals surface area contributed by atoms with Gasteiger partial charge in [0.05, 0.1) is 36.4 Å². The summed E-state index contributed by atoms with van der Waals surface area (Å²) in [5, 5.41) is 8.80. The number of amides is 3. The third-order valence-corrected chi connectivity index (χ3v) is 6.52. The number of carbonyl (C=O) groups excluding carboxylic acids is 3. The molecule has 2 aliphatic rings. The van der Waals surface area contributed by atoms with E-state index in [2.05, 4.69) is 6.07 Å². The first kappa shape index (κ1) is 25.3. The second-order valence-electron chi connectivity index (χ2n) is 7.96. The smallest absolute Gasteiger partial charge is 0.294 e. The molecule has 10 heteroatoms. The Bertz CT molecular complexity index is 1230. The van der Waals surface area contributed by atoms with E-state index in [4.69, 9.17) is 14.2 Å². The summed E-state index contributed by atoms with van der Waals surface area (Å²) in [5.41, 5.74) is 1.94. The molecule has 4 rings (SSSR count). The molecule has 0 aromatic heterocycles. The number of hydrogen-bond acceptors (Lipinski definition) is 8. The van der Waals surface area contributed by atoms with Crippen molar-refractivity contribution in [1.82, 2.24) is 9.80 Å². The van der Waals surface area contributed by atoms with E-state index < -0.39 is 11.1 Å². The summed E-state index contributed by atoms with van der Waals surface area (Å²) in [6.07, 6.45) is 1.60. The van der Waals surface area contributed by atoms with Gasteiger partial charge in [-0.05, 0) is 48.5 Å². The van der Waals surface area contributed by atoms with Crippen LogP contribution in [-0.2, 0) is 20.9 Å². The zero-order valence-corrected chi connectivity index (χ0v) is 20.6. The molecule has 0 unspecified atom stereocenters. The minimum atomic E-state index is -0.502. The van der Waals surface area contributed by atoms with Crippen LogP contribution in [0.5, 0.6) is 11.5 Å². The number of imide groups is 1. The Balaban J connectivity index is 1.47. The van der Waals surface area contributed by atoms with Crippen LogP contribution in [0.3, 0.4) is 0 Å². The Morgan fingerprint density at radius 2 is 1.92 bits per heavy atom. The van der Waals surface area contributed by atoms with Gasteiger partial charge in [-0.25, -0.2) is 0 Å². The monoisotopic (exact) mass is 507 g/mol. The maximum atomic E-state index is 12.9. The third-order valence-electron chi connectivity index (χ3n) is 5.62. The number of hydrogen-bond donors (Lipinski definition) is 0. The van der Waals surface area contributed by atoms with Crippen molar-refractivity contribution in [1.29, 1.82) is 5.26 Å². The van der Waals surface area contributed by atoms with Gasteiger partial charge in [-0.2, -0.15) is 5.26 Å². The van der Waals surface area contributed by atoms with Gasteiger partial charge in [0.15, 0.2) is 11.5 Å². The van der Waals surface area contributed by atoms with Crippen molar-refractivity contribution in [3.05, 3.63) is 64.1 Å². The van der Waals surface area contributed by atoms with Crippen LogP contribution in [0.15, 0.2) is 47.4 Å². The molecule has 0 spiro atoms. The summed E-state index contributed by atoms with van der Waals surface area (Å²) in [6, 6.07) is 14.5. The van der Waals surface area contributed by atoms with Gasteiger partial charge in [-0.1, -0.05) is 24.3 Å². The first-order valence-electron chi connectivity index (χ1n) is 11.5. The molecule has 0 saturated carbocycles. The highest BCUT2D eigenvalue weighted by Gasteiger charge is 2.37. The number of nitriles is 1. The second kappa shape index (κ2) is 11.7. The zero-order chi connectivity index (χ0) is 25.5. The van der Waals surface area contributed by atoms with E-state index in [-0.39, 0.29) is 24.0 Å². The highest BCUT2D eigenvalue weighted by molar-refractivity contribution is 8.18. The minimum Gasteiger partial charge on any atom is -0.490 e. The highest BCUT2D eigenvalue weighted by atomic mass is 32.2. The minimum absolute atomic E-state index is 0.194. The van der Waals surface area contributed by atoms with E-state index in [0.717, 1.165) is 22.2 Å². The summed E-state index contributed by atoms with van der Waals surface area (Å²) in [4.78, 5) is 40.7. The fourth-order valence-corrected chi connectivity index (χ4v) is 4.59. The number of ether oxygens (including phenoxy) is 3. The van der Waals surface area contributed by atoms with E-state index in [1.165, 1.54) is 0 Å². The SMILES string of the molecule is CCOc1cc(/C=C2/SC(=O)N(CC(=O)N3CCOCC3)C2=O)ccc1OCc1ccccc1C#N. The number of thioether (sulfide) groups is 1. The van der Waals surface area contributed by atoms with Crippen LogP contribution < -0.4 is 9.47 Å². The molecule has 36 heavy (non-hydrogen) atoms. The molecule has 0 aliphatic carbocycles. The van der Waals surface area contributed by atoms with Crippen LogP contribution >= 0.6 is 11.8 Å². The Kier molecular flexibility index (Phi) is 8.25. The maximum absolute atomic E-state index is 12.9. The molecule has 0 radical (unpaired) electrons. The molecule has 0 bridgehead atoms. The van der Waals surface area contributed by atoms with Gasteiger partial charge in [0.2, 0.25) is 5.91 Å². The van der Waals surface area contributed by atoms with Crippen molar-refractivity contribution in [2.45, 2.75) is 13.5 Å². The molecular weight excluding hydrogens is 482 g/mol. The van der Waals surface area contributed by atoms with Gasteiger partial charge in [0, 0.05) is 18.7 Å². The lowest BCUT2D eigenvalue weighted by molar-refractivity contribution is -0.139. The molecule has 2 heterocycles. The molecule has 2 aromatic rings. The third kappa shape index (κ3) is 5.87. The standard InChI is InChI=1S/C26H25N3O6S/c1-2-34-22-13-18(7-8-21(22)35-17-20-6-4-3-5-19(20)15-27)14-23-25(31)29(26(32)36-23)16-24(30)28-9-11-33-12-10-28/h3-8,13-14H,2,9-12,16-17H2,1H3/b23-14+. The number of benzene rings is 2. The summed E-state index contributed by atoms with van der Waals surface area (Å²) in [5.74, 6) is 0.186. The number of nitrogens with zero attached hydrogens (tertiary/aromatic N) is 3. The molecule has 2 saturated heterocycles. The van der Waals surface area contributed by atoms with Crippen LogP contribution in [0.4, 0.5) is 4.79 Å². The lowest BCUT2D eigenvalue weighted by atomic mass is 10.1. The molecule has 2 aromatic carbocycles. The first-order chi connectivity index (χ1) is 17.5. The van der Waals surface area contributed by atoms with Crippen molar-refractivity contribution in [3.63, 3.8) is 0 Å². The van der Waals surface area contributed by atoms with Crippen molar-refractivity contribution < 1.29 is 28.6 Å². The van der Waals surface area contributed by atoms with Crippen LogP contribution in [0.2, 0.25) is 0 Å². The molecular formula is C26H25N3O6S. The Morgan fingerprint density at radius 1 is 1.14 bits per heavy atom. The maximum Gasteiger partial charge on any atom is 0.294 e. The lowest BCUT2D eigenvalue weighted by Gasteiger charge is -2.28. The molecule has 2 fully saturated rings. The number of rotatable bonds is 8. The fraction of sp³-hybridized carbons (Fsp3) is 0.308. The van der Waals surface area contributed by atoms with Crippen LogP contribution in [-0.4, -0.2) is 66.3 Å². The normalized spacial score (nSPS) is 16.8. The van der Waals surface area contributed by atoms with Gasteiger partial charge >= 0.3 is 0 Å². The Hall–Kier alpha value is -3.81. The molecule has 2 aliphatic heterocycles. The van der Waals surface area contributed by atoms with E-state index in [0.29, 0.717) is 55.5 Å². The zero-order valence-electron chi connectivity index (χ0n) is 19.8. The topological polar surface area (TPSA) is 109 Å². The Morgan fingerprint density at radius 3 is 2.67 bits per heavy atom. The van der Waals surface area contributed by atoms with Gasteiger partial charge in [0.1, 0.15) is 13.2 Å². The average Bonchev–Trinajstić information content (AvgIpc) is 3.16. The average molecular weight is 508 g/mol. The predicted molar refractivity (Wildman–Crippen MR) is 133 cm³/mol. The predicted octanol–water partition coefficient (Wildman–Crippen LogP) is 3.43. The first-order valence-corrected chi connectivity index (χ1v) is 12.3. The van der Waals surface area contributed by atoms with Crippen LogP contribution in [0.25, 0.3) is 6.08 Å². The van der Waals surface area contributed by atoms with Crippen LogP contribution in [0, 0.1) is 11.3 Å². The van der Waals surface area contributed by atoms with Crippen molar-refractivity contribution >= 4 is 34.9 Å². The van der Waals surface area contributed by atoms with E-state index in [1.54, 1.807) is 41.3 Å². The van der Waals surface area contributed by atoms with Gasteiger partial charge < -0.3 is 19.1 Å². The molecule has 3 amide bonds. The molecule has 186 valence electrons. The van der Waals surface area contributed by atoms with E-state index in [1.807, 2.05) is 19.1 Å². The van der Waals surface area contributed by atoms with E-state index >= 15 is 0 Å². The molecule has 0 atom stereocenters. The Labute approximate surface area is 213 Å². The number of carbonyl (C=O) groups is 3. The summed E-state index contributed by atoms with van der Waals surface area (Å²) >= 11 is 0.801. The van der Waals surface area contributed by atoms with Gasteiger partial charge in [-0.3, -0.25) is 19.3 Å². The summed E-state index contributed by atoms with van der Waals surface area (Å²) in [7, 11) is 0. The summed E-state index contributed by atoms with van der Waals surface area (Å²) < 4.78 is 16.9. The molecule has 9 nitrogen and oxygen atoms in total. The largest absolute Gasteiger partial charge is 0.490 e. The molecule has 0 N–H and O–H groups in total. The van der Waals surface area contributed by atoms with Crippen molar-refractivity contribution in [2.24, 2.45) is 0 Å². The summed E-state index contributed by atoms with van der Waals surface area (Å²) in [6.45, 7) is 3.93.